The first-order valence-electron chi connectivity index (χ1n) is 17.5. The minimum atomic E-state index is 0.577. The molecule has 0 N–H and O–H groups in total. The van der Waals surface area contributed by atoms with Gasteiger partial charge in [0.15, 0.2) is 11.6 Å². The Bertz CT molecular complexity index is 3120. The van der Waals surface area contributed by atoms with E-state index in [9.17, 15) is 0 Å². The van der Waals surface area contributed by atoms with Crippen LogP contribution in [0, 0.1) is 0 Å². The van der Waals surface area contributed by atoms with Gasteiger partial charge in [0.25, 0.3) is 0 Å². The van der Waals surface area contributed by atoms with Crippen LogP contribution in [0.15, 0.2) is 176 Å². The van der Waals surface area contributed by atoms with Gasteiger partial charge in [0.05, 0.1) is 22.1 Å². The summed E-state index contributed by atoms with van der Waals surface area (Å²) in [5, 5.41) is 9.63. The fourth-order valence-corrected chi connectivity index (χ4v) is 7.96. The normalized spacial score (nSPS) is 11.8. The van der Waals surface area contributed by atoms with Gasteiger partial charge in [0.2, 0.25) is 5.95 Å². The van der Waals surface area contributed by atoms with Crippen LogP contribution >= 0.6 is 0 Å². The van der Waals surface area contributed by atoms with Crippen LogP contribution in [0.5, 0.6) is 0 Å². The molecule has 5 nitrogen and oxygen atoms in total. The van der Waals surface area contributed by atoms with E-state index in [0.29, 0.717) is 17.6 Å². The molecule has 0 atom stereocenters. The number of rotatable bonds is 4. The molecule has 0 radical (unpaired) electrons. The van der Waals surface area contributed by atoms with Crippen molar-refractivity contribution < 1.29 is 0 Å². The minimum absolute atomic E-state index is 0.577. The molecule has 5 heteroatoms. The molecule has 0 spiro atoms. The third-order valence-corrected chi connectivity index (χ3v) is 10.3. The van der Waals surface area contributed by atoms with E-state index in [4.69, 9.17) is 15.0 Å². The number of fused-ring (bicyclic) bond motifs is 9. The lowest BCUT2D eigenvalue weighted by atomic mass is 10.0. The number of hydrogen-bond acceptors (Lipinski definition) is 3. The van der Waals surface area contributed by atoms with Crippen LogP contribution in [0.25, 0.3) is 99.6 Å². The van der Waals surface area contributed by atoms with Crippen LogP contribution < -0.4 is 0 Å². The first-order valence-corrected chi connectivity index (χ1v) is 17.5. The van der Waals surface area contributed by atoms with Crippen molar-refractivity contribution in [1.82, 2.24) is 24.1 Å². The van der Waals surface area contributed by atoms with Crippen LogP contribution in [0.1, 0.15) is 0 Å². The number of nitrogens with zero attached hydrogens (tertiary/aromatic N) is 5. The predicted molar refractivity (Wildman–Crippen MR) is 214 cm³/mol. The number of benzene rings is 8. The van der Waals surface area contributed by atoms with Crippen LogP contribution in [-0.2, 0) is 0 Å². The van der Waals surface area contributed by atoms with E-state index in [1.54, 1.807) is 0 Å². The Morgan fingerprint density at radius 3 is 1.65 bits per heavy atom. The topological polar surface area (TPSA) is 48.5 Å². The molecule has 52 heavy (non-hydrogen) atoms. The van der Waals surface area contributed by atoms with Gasteiger partial charge in [-0.1, -0.05) is 140 Å². The molecule has 3 heterocycles. The summed E-state index contributed by atoms with van der Waals surface area (Å²) in [5.41, 5.74) is 7.36. The highest BCUT2D eigenvalue weighted by molar-refractivity contribution is 6.21. The molecule has 8 aromatic carbocycles. The third kappa shape index (κ3) is 4.33. The van der Waals surface area contributed by atoms with Crippen LogP contribution in [0.3, 0.4) is 0 Å². The molecule has 3 aromatic heterocycles. The van der Waals surface area contributed by atoms with Crippen molar-refractivity contribution in [1.29, 1.82) is 0 Å². The molecule has 11 aromatic rings. The van der Waals surface area contributed by atoms with Crippen LogP contribution in [-0.4, -0.2) is 24.1 Å². The van der Waals surface area contributed by atoms with Gasteiger partial charge < -0.3 is 4.57 Å². The van der Waals surface area contributed by atoms with Gasteiger partial charge >= 0.3 is 0 Å². The molecule has 0 aliphatic heterocycles. The lowest BCUT2D eigenvalue weighted by molar-refractivity contribution is 0.953. The molecule has 0 bridgehead atoms. The summed E-state index contributed by atoms with van der Waals surface area (Å²) in [5.74, 6) is 1.84. The summed E-state index contributed by atoms with van der Waals surface area (Å²) < 4.78 is 4.62. The molecule has 0 fully saturated rings. The first kappa shape index (κ1) is 28.7. The van der Waals surface area contributed by atoms with Crippen molar-refractivity contribution in [2.75, 3.05) is 0 Å². The second kappa shape index (κ2) is 11.2. The highest BCUT2D eigenvalue weighted by atomic mass is 15.2. The van der Waals surface area contributed by atoms with Gasteiger partial charge in [0.1, 0.15) is 0 Å². The standard InChI is InChI=1S/C47H29N5/c1-3-14-31(15-4-1)45-48-46(32-16-5-2-6-17-32)50-47(49-45)52-42-28-34-19-8-7-18-33(34)27-39(42)37-25-24-35(29-43(37)52)51-40-22-12-11-21-38(40)44-36-20-10-9-13-30(36)23-26-41(44)51/h1-29H. The van der Waals surface area contributed by atoms with Gasteiger partial charge in [-0.15, -0.1) is 0 Å². The molecule has 242 valence electrons. The SMILES string of the molecule is c1ccc(-c2nc(-c3ccccc3)nc(-n3c4cc(-n5c6ccccc6c6c7ccccc7ccc65)ccc4c4cc5ccccc5cc43)n2)cc1. The van der Waals surface area contributed by atoms with Crippen LogP contribution in [0.2, 0.25) is 0 Å². The summed E-state index contributed by atoms with van der Waals surface area (Å²) in [4.78, 5) is 15.4. The first-order chi connectivity index (χ1) is 25.8. The van der Waals surface area contributed by atoms with E-state index in [2.05, 4.69) is 149 Å². The average molecular weight is 664 g/mol. The summed E-state index contributed by atoms with van der Waals surface area (Å²) in [6.07, 6.45) is 0. The molecule has 0 saturated carbocycles. The minimum Gasteiger partial charge on any atom is -0.309 e. The Hall–Kier alpha value is -7.11. The molecular weight excluding hydrogens is 635 g/mol. The maximum Gasteiger partial charge on any atom is 0.238 e. The predicted octanol–water partition coefficient (Wildman–Crippen LogP) is 11.7. The van der Waals surface area contributed by atoms with E-state index < -0.39 is 0 Å². The molecule has 0 aliphatic carbocycles. The zero-order chi connectivity index (χ0) is 34.2. The van der Waals surface area contributed by atoms with E-state index in [1.807, 2.05) is 36.4 Å². The largest absolute Gasteiger partial charge is 0.309 e. The van der Waals surface area contributed by atoms with Gasteiger partial charge in [-0.05, 0) is 57.9 Å². The fourth-order valence-electron chi connectivity index (χ4n) is 7.96. The molecule has 0 aliphatic rings. The zero-order valence-electron chi connectivity index (χ0n) is 28.0. The molecule has 0 amide bonds. The third-order valence-electron chi connectivity index (χ3n) is 10.3. The number of aromatic nitrogens is 5. The van der Waals surface area contributed by atoms with E-state index in [0.717, 1.165) is 44.0 Å². The second-order valence-electron chi connectivity index (χ2n) is 13.3. The van der Waals surface area contributed by atoms with Crippen LogP contribution in [0.4, 0.5) is 0 Å². The Morgan fingerprint density at radius 2 is 0.923 bits per heavy atom. The van der Waals surface area contributed by atoms with E-state index in [1.165, 1.54) is 38.0 Å². The monoisotopic (exact) mass is 663 g/mol. The maximum absolute atomic E-state index is 5.21. The van der Waals surface area contributed by atoms with Gasteiger partial charge in [0, 0.05) is 38.4 Å². The second-order valence-corrected chi connectivity index (χ2v) is 13.3. The van der Waals surface area contributed by atoms with Crippen molar-refractivity contribution in [2.24, 2.45) is 0 Å². The lowest BCUT2D eigenvalue weighted by Gasteiger charge is -2.12. The lowest BCUT2D eigenvalue weighted by Crippen LogP contribution is -2.06. The summed E-state index contributed by atoms with van der Waals surface area (Å²) >= 11 is 0. The van der Waals surface area contributed by atoms with Gasteiger partial charge in [-0.25, -0.2) is 4.98 Å². The summed E-state index contributed by atoms with van der Waals surface area (Å²) in [6.45, 7) is 0. The molecule has 0 unspecified atom stereocenters. The molecular formula is C47H29N5. The highest BCUT2D eigenvalue weighted by Gasteiger charge is 2.21. The van der Waals surface area contributed by atoms with Crippen molar-refractivity contribution >= 4 is 65.2 Å². The Morgan fingerprint density at radius 1 is 0.327 bits per heavy atom. The maximum atomic E-state index is 5.21. The summed E-state index contributed by atoms with van der Waals surface area (Å²) in [6, 6.07) is 62.1. The summed E-state index contributed by atoms with van der Waals surface area (Å²) in [7, 11) is 0. The molecule has 11 rings (SSSR count). The van der Waals surface area contributed by atoms with Gasteiger partial charge in [-0.2, -0.15) is 9.97 Å². The van der Waals surface area contributed by atoms with Crippen molar-refractivity contribution in [2.45, 2.75) is 0 Å². The van der Waals surface area contributed by atoms with Crippen molar-refractivity contribution in [3.05, 3.63) is 176 Å². The smallest absolute Gasteiger partial charge is 0.238 e. The zero-order valence-corrected chi connectivity index (χ0v) is 28.0. The number of para-hydroxylation sites is 1. The van der Waals surface area contributed by atoms with Crippen molar-refractivity contribution in [3.63, 3.8) is 0 Å². The number of hydrogen-bond donors (Lipinski definition) is 0. The Balaban J connectivity index is 1.25. The highest BCUT2D eigenvalue weighted by Crippen LogP contribution is 2.40. The molecule has 0 saturated heterocycles. The average Bonchev–Trinajstić information content (AvgIpc) is 3.72. The van der Waals surface area contributed by atoms with Crippen molar-refractivity contribution in [3.8, 4) is 34.4 Å². The fraction of sp³-hybridized carbons (Fsp3) is 0. The van der Waals surface area contributed by atoms with E-state index in [-0.39, 0.29) is 0 Å². The van der Waals surface area contributed by atoms with E-state index >= 15 is 0 Å². The van der Waals surface area contributed by atoms with Gasteiger partial charge in [-0.3, -0.25) is 4.57 Å². The Kier molecular flexibility index (Phi) is 6.18. The Labute approximate surface area is 298 Å². The quantitative estimate of drug-likeness (QED) is 0.188.